The van der Waals surface area contributed by atoms with E-state index in [1.54, 1.807) is 35.3 Å². The molecule has 2 bridgehead atoms. The number of anilines is 1. The van der Waals surface area contributed by atoms with Gasteiger partial charge in [0.1, 0.15) is 0 Å². The number of allylic oxidation sites excluding steroid dienone is 3. The molecule has 3 aliphatic rings. The van der Waals surface area contributed by atoms with Crippen molar-refractivity contribution in [2.45, 2.75) is 83.7 Å². The lowest BCUT2D eigenvalue weighted by atomic mass is 10.1. The highest BCUT2D eigenvalue weighted by molar-refractivity contribution is 5.95. The van der Waals surface area contributed by atoms with Crippen LogP contribution in [0.2, 0.25) is 0 Å². The third-order valence-electron chi connectivity index (χ3n) is 9.11. The van der Waals surface area contributed by atoms with Crippen molar-refractivity contribution in [3.05, 3.63) is 76.4 Å². The van der Waals surface area contributed by atoms with Crippen LogP contribution in [0.15, 0.2) is 54.0 Å². The fraction of sp³-hybridized carbons (Fsp3) is 0.500. The molecule has 2 saturated heterocycles. The number of aryl methyl sites for hydroxylation is 2. The minimum absolute atomic E-state index is 0.217. The molecule has 3 atom stereocenters. The monoisotopic (exact) mass is 612 g/mol. The molecular formula is C32H43F3N8O. The molecule has 2 aliphatic heterocycles. The molecule has 0 saturated carbocycles. The topological polar surface area (TPSA) is 109 Å². The number of halogens is 3. The molecular weight excluding hydrogens is 569 g/mol. The van der Waals surface area contributed by atoms with E-state index in [1.165, 1.54) is 11.1 Å². The number of likely N-dealkylation sites (tertiary alicyclic amines) is 2. The number of amides is 1. The van der Waals surface area contributed by atoms with Crippen molar-refractivity contribution in [1.29, 1.82) is 0 Å². The summed E-state index contributed by atoms with van der Waals surface area (Å²) in [5.41, 5.74) is 10.1. The van der Waals surface area contributed by atoms with Crippen molar-refractivity contribution in [2.24, 2.45) is 18.6 Å². The van der Waals surface area contributed by atoms with Gasteiger partial charge in [-0.05, 0) is 76.3 Å². The molecule has 1 aromatic carbocycles. The molecule has 9 nitrogen and oxygen atoms in total. The fourth-order valence-electron chi connectivity index (χ4n) is 6.79. The summed E-state index contributed by atoms with van der Waals surface area (Å²) in [6, 6.07) is 5.22. The highest BCUT2D eigenvalue weighted by Gasteiger charge is 2.45. The van der Waals surface area contributed by atoms with E-state index >= 15 is 0 Å². The van der Waals surface area contributed by atoms with E-state index in [1.807, 2.05) is 20.9 Å². The van der Waals surface area contributed by atoms with Crippen LogP contribution in [0.4, 0.5) is 18.9 Å². The second-order valence-corrected chi connectivity index (χ2v) is 12.3. The number of hydrogen-bond acceptors (Lipinski definition) is 7. The summed E-state index contributed by atoms with van der Waals surface area (Å²) in [7, 11) is 1.84. The number of carbonyl (C=O) groups excluding carboxylic acids is 1. The number of rotatable bonds is 8. The number of nitrogens with zero attached hydrogens (tertiary/aromatic N) is 5. The predicted molar refractivity (Wildman–Crippen MR) is 166 cm³/mol. The number of alkyl halides is 3. The Morgan fingerprint density at radius 3 is 2.64 bits per heavy atom. The maximum atomic E-state index is 14.1. The Bertz CT molecular complexity index is 1490. The number of fused-ring (bicyclic) bond motifs is 2. The van der Waals surface area contributed by atoms with Crippen LogP contribution in [0.25, 0.3) is 5.70 Å². The molecule has 0 radical (unpaired) electrons. The maximum absolute atomic E-state index is 14.1. The number of nitrogens with one attached hydrogen (secondary N) is 1. The number of aromatic nitrogens is 2. The van der Waals surface area contributed by atoms with Crippen LogP contribution in [0.3, 0.4) is 0 Å². The van der Waals surface area contributed by atoms with E-state index < -0.39 is 23.7 Å². The number of carbonyl (C=O) groups is 1. The number of hydrogen-bond donors (Lipinski definition) is 3. The van der Waals surface area contributed by atoms with Crippen LogP contribution in [0, 0.1) is 6.92 Å². The molecule has 1 aromatic heterocycles. The quantitative estimate of drug-likeness (QED) is 0.300. The van der Waals surface area contributed by atoms with E-state index in [9.17, 15) is 18.0 Å². The van der Waals surface area contributed by atoms with Crippen LogP contribution >= 0.6 is 0 Å². The first-order chi connectivity index (χ1) is 20.8. The highest BCUT2D eigenvalue weighted by Crippen LogP contribution is 2.39. The Morgan fingerprint density at radius 1 is 1.25 bits per heavy atom. The van der Waals surface area contributed by atoms with Gasteiger partial charge in [0.2, 0.25) is 0 Å². The zero-order chi connectivity index (χ0) is 31.9. The van der Waals surface area contributed by atoms with E-state index in [-0.39, 0.29) is 11.6 Å². The Kier molecular flexibility index (Phi) is 8.86. The molecule has 44 heavy (non-hydrogen) atoms. The van der Waals surface area contributed by atoms with Crippen molar-refractivity contribution in [3.63, 3.8) is 0 Å². The van der Waals surface area contributed by atoms with Gasteiger partial charge in [-0.15, -0.1) is 0 Å². The van der Waals surface area contributed by atoms with Crippen LogP contribution < -0.4 is 21.9 Å². The molecule has 1 amide bonds. The third kappa shape index (κ3) is 6.37. The Morgan fingerprint density at radius 2 is 2.00 bits per heavy atom. The largest absolute Gasteiger partial charge is 0.416 e. The molecule has 5 rings (SSSR count). The minimum atomic E-state index is -4.53. The predicted octanol–water partition coefficient (Wildman–Crippen LogP) is 4.36. The van der Waals surface area contributed by atoms with E-state index in [4.69, 9.17) is 11.6 Å². The molecule has 12 heteroatoms. The van der Waals surface area contributed by atoms with Gasteiger partial charge in [-0.25, -0.2) is 5.84 Å². The number of piperazine rings is 1. The minimum Gasteiger partial charge on any atom is -0.397 e. The van der Waals surface area contributed by atoms with Crippen molar-refractivity contribution < 1.29 is 18.0 Å². The second-order valence-electron chi connectivity index (χ2n) is 12.3. The van der Waals surface area contributed by atoms with Gasteiger partial charge < -0.3 is 16.0 Å². The van der Waals surface area contributed by atoms with Gasteiger partial charge in [-0.1, -0.05) is 13.0 Å². The lowest BCUT2D eigenvalue weighted by Gasteiger charge is -2.39. The van der Waals surface area contributed by atoms with Gasteiger partial charge in [-0.2, -0.15) is 18.3 Å². The van der Waals surface area contributed by atoms with Gasteiger partial charge in [0.05, 0.1) is 23.2 Å². The Hall–Kier alpha value is -3.77. The fourth-order valence-corrected chi connectivity index (χ4v) is 6.79. The average molecular weight is 613 g/mol. The zero-order valence-corrected chi connectivity index (χ0v) is 26.0. The molecule has 2 fully saturated rings. The van der Waals surface area contributed by atoms with Crippen molar-refractivity contribution in [2.75, 3.05) is 18.1 Å². The molecule has 3 unspecified atom stereocenters. The summed E-state index contributed by atoms with van der Waals surface area (Å²) < 4.78 is 44.2. The molecule has 1 aliphatic carbocycles. The van der Waals surface area contributed by atoms with Gasteiger partial charge >= 0.3 is 6.18 Å². The summed E-state index contributed by atoms with van der Waals surface area (Å²) in [6.45, 7) is 9.78. The summed E-state index contributed by atoms with van der Waals surface area (Å²) in [5.74, 6) is 5.89. The van der Waals surface area contributed by atoms with E-state index in [2.05, 4.69) is 34.1 Å². The summed E-state index contributed by atoms with van der Waals surface area (Å²) in [4.78, 5) is 18.0. The lowest BCUT2D eigenvalue weighted by Crippen LogP contribution is -2.48. The number of nitrogens with two attached hydrogens (primary N) is 2. The van der Waals surface area contributed by atoms with E-state index in [0.29, 0.717) is 42.0 Å². The molecule has 0 spiro atoms. The van der Waals surface area contributed by atoms with Crippen molar-refractivity contribution in [3.8, 4) is 0 Å². The van der Waals surface area contributed by atoms with Crippen LogP contribution in [-0.2, 0) is 13.5 Å². The van der Waals surface area contributed by atoms with E-state index in [0.717, 1.165) is 48.8 Å². The maximum Gasteiger partial charge on any atom is 0.416 e. The van der Waals surface area contributed by atoms with Gasteiger partial charge in [0.25, 0.3) is 5.91 Å². The number of hydrazine groups is 1. The van der Waals surface area contributed by atoms with Gasteiger partial charge in [-0.3, -0.25) is 19.4 Å². The highest BCUT2D eigenvalue weighted by atomic mass is 19.4. The Labute approximate surface area is 257 Å². The zero-order valence-electron chi connectivity index (χ0n) is 26.0. The van der Waals surface area contributed by atoms with Crippen molar-refractivity contribution >= 4 is 17.3 Å². The second kappa shape index (κ2) is 12.3. The molecule has 3 heterocycles. The first-order valence-electron chi connectivity index (χ1n) is 15.2. The van der Waals surface area contributed by atoms with Crippen LogP contribution in [0.5, 0.6) is 0 Å². The van der Waals surface area contributed by atoms with Crippen LogP contribution in [-0.4, -0.2) is 68.9 Å². The first-order valence-corrected chi connectivity index (χ1v) is 15.2. The summed E-state index contributed by atoms with van der Waals surface area (Å²) in [5, 5.41) is 8.45. The third-order valence-corrected chi connectivity index (χ3v) is 9.11. The number of benzene rings is 1. The smallest absolute Gasteiger partial charge is 0.397 e. The van der Waals surface area contributed by atoms with Gasteiger partial charge in [0, 0.05) is 73.0 Å². The first kappa shape index (κ1) is 31.6. The molecule has 5 N–H and O–H groups in total. The average Bonchev–Trinajstić information content (AvgIpc) is 3.63. The summed E-state index contributed by atoms with van der Waals surface area (Å²) >= 11 is 0. The molecule has 2 aromatic rings. The lowest BCUT2D eigenvalue weighted by molar-refractivity contribution is -0.0886. The summed E-state index contributed by atoms with van der Waals surface area (Å²) in [6.07, 6.45) is 3.66. The standard InChI is InChI=1S/C32H43F3N8O/c1-6-29-27(15-38-40(29)5)28(36)18-43(37)30-11-21(8-7-20(30)4)31(44)39-23-9-10-24(13-22(12-23)32(33,34)35)42-17-25-14-26(42)16-41(25)19(2)3/h7-8,11-13,15,18-19,23,25-26H,6,9-10,14,16-17,36-37H2,1-5H3,(H,39,44)/b28-18-. The van der Waals surface area contributed by atoms with Gasteiger partial charge in [0.15, 0.2) is 0 Å². The molecule has 238 valence electrons. The SMILES string of the molecule is CCc1c(/C(N)=C/N(N)c2cc(C(=O)NC3C=C(C(F)(F)F)C=C(N4CC5CC4CN5C(C)C)CC3)ccc2C)cnn1C. The van der Waals surface area contributed by atoms with Crippen LogP contribution in [0.1, 0.15) is 67.2 Å². The van der Waals surface area contributed by atoms with Crippen molar-refractivity contribution in [1.82, 2.24) is 24.9 Å². The normalized spacial score (nSPS) is 22.7. The Balaban J connectivity index is 1.31.